The number of hydrogen-bond donors (Lipinski definition) is 2. The Labute approximate surface area is 134 Å². The molecule has 0 fully saturated rings. The summed E-state index contributed by atoms with van der Waals surface area (Å²) in [4.78, 5) is 27.7. The van der Waals surface area contributed by atoms with Gasteiger partial charge in [-0.1, -0.05) is 23.8 Å². The van der Waals surface area contributed by atoms with Gasteiger partial charge in [0, 0.05) is 17.5 Å². The molecule has 6 heteroatoms. The van der Waals surface area contributed by atoms with E-state index in [0.29, 0.717) is 17.1 Å². The second-order valence-electron chi connectivity index (χ2n) is 5.09. The van der Waals surface area contributed by atoms with Crippen LogP contribution in [0, 0.1) is 6.92 Å². The number of rotatable bonds is 5. The van der Waals surface area contributed by atoms with Crippen molar-refractivity contribution in [3.05, 3.63) is 59.8 Å². The SMILES string of the molecule is C/C(CC(=O)Nc1ccccn1)=N/NC(=O)c1ccc(C)cc1. The molecule has 0 unspecified atom stereocenters. The van der Waals surface area contributed by atoms with Crippen LogP contribution in [-0.2, 0) is 4.79 Å². The van der Waals surface area contributed by atoms with Crippen molar-refractivity contribution in [3.63, 3.8) is 0 Å². The second kappa shape index (κ2) is 7.84. The van der Waals surface area contributed by atoms with Crippen molar-refractivity contribution in [3.8, 4) is 0 Å². The van der Waals surface area contributed by atoms with Crippen molar-refractivity contribution in [2.24, 2.45) is 5.10 Å². The molecule has 0 aliphatic carbocycles. The lowest BCUT2D eigenvalue weighted by Gasteiger charge is -2.05. The van der Waals surface area contributed by atoms with Gasteiger partial charge in [0.1, 0.15) is 5.82 Å². The van der Waals surface area contributed by atoms with Gasteiger partial charge in [0.15, 0.2) is 0 Å². The van der Waals surface area contributed by atoms with Gasteiger partial charge >= 0.3 is 0 Å². The van der Waals surface area contributed by atoms with E-state index in [4.69, 9.17) is 0 Å². The Morgan fingerprint density at radius 3 is 2.52 bits per heavy atom. The van der Waals surface area contributed by atoms with Crippen LogP contribution in [0.25, 0.3) is 0 Å². The summed E-state index contributed by atoms with van der Waals surface area (Å²) in [5, 5.41) is 6.60. The van der Waals surface area contributed by atoms with Gasteiger partial charge in [0.25, 0.3) is 5.91 Å². The lowest BCUT2D eigenvalue weighted by molar-refractivity contribution is -0.115. The molecule has 0 spiro atoms. The van der Waals surface area contributed by atoms with Crippen LogP contribution < -0.4 is 10.7 Å². The summed E-state index contributed by atoms with van der Waals surface area (Å²) in [6, 6.07) is 12.4. The zero-order valence-corrected chi connectivity index (χ0v) is 13.0. The lowest BCUT2D eigenvalue weighted by atomic mass is 10.1. The standard InChI is InChI=1S/C17H18N4O2/c1-12-6-8-14(9-7-12)17(23)21-20-13(2)11-16(22)19-15-5-3-4-10-18-15/h3-10H,11H2,1-2H3,(H,21,23)(H,18,19,22)/b20-13-. The normalized spacial score (nSPS) is 11.0. The molecule has 2 amide bonds. The third kappa shape index (κ3) is 5.35. The number of carbonyl (C=O) groups is 2. The van der Waals surface area contributed by atoms with Gasteiger partial charge < -0.3 is 5.32 Å². The molecule has 0 saturated heterocycles. The van der Waals surface area contributed by atoms with Gasteiger partial charge in [-0.25, -0.2) is 10.4 Å². The average molecular weight is 310 g/mol. The Hall–Kier alpha value is -3.02. The summed E-state index contributed by atoms with van der Waals surface area (Å²) < 4.78 is 0. The molecule has 0 radical (unpaired) electrons. The Bertz CT molecular complexity index is 709. The quantitative estimate of drug-likeness (QED) is 0.657. The van der Waals surface area contributed by atoms with Gasteiger partial charge in [0.05, 0.1) is 6.42 Å². The summed E-state index contributed by atoms with van der Waals surface area (Å²) in [5.41, 5.74) is 4.53. The fraction of sp³-hybridized carbons (Fsp3) is 0.176. The number of hydrazone groups is 1. The summed E-state index contributed by atoms with van der Waals surface area (Å²) in [6.07, 6.45) is 1.67. The number of nitrogens with one attached hydrogen (secondary N) is 2. The summed E-state index contributed by atoms with van der Waals surface area (Å²) in [5.74, 6) is -0.0713. The lowest BCUT2D eigenvalue weighted by Crippen LogP contribution is -2.21. The highest BCUT2D eigenvalue weighted by atomic mass is 16.2. The maximum absolute atomic E-state index is 11.9. The van der Waals surface area contributed by atoms with Gasteiger partial charge in [-0.2, -0.15) is 5.10 Å². The van der Waals surface area contributed by atoms with E-state index in [9.17, 15) is 9.59 Å². The molecule has 0 aliphatic rings. The van der Waals surface area contributed by atoms with Crippen molar-refractivity contribution in [1.82, 2.24) is 10.4 Å². The van der Waals surface area contributed by atoms with E-state index >= 15 is 0 Å². The highest BCUT2D eigenvalue weighted by Crippen LogP contribution is 2.03. The molecule has 2 aromatic rings. The number of pyridine rings is 1. The first-order valence-electron chi connectivity index (χ1n) is 7.15. The number of carbonyl (C=O) groups excluding carboxylic acids is 2. The first-order chi connectivity index (χ1) is 11.0. The van der Waals surface area contributed by atoms with Crippen LogP contribution in [0.2, 0.25) is 0 Å². The first-order valence-corrected chi connectivity index (χ1v) is 7.15. The highest BCUT2D eigenvalue weighted by molar-refractivity contribution is 6.05. The highest BCUT2D eigenvalue weighted by Gasteiger charge is 2.07. The Morgan fingerprint density at radius 2 is 1.87 bits per heavy atom. The number of hydrogen-bond acceptors (Lipinski definition) is 4. The van der Waals surface area contributed by atoms with Gasteiger partial charge in [0.2, 0.25) is 5.91 Å². The van der Waals surface area contributed by atoms with Crippen molar-refractivity contribution in [2.75, 3.05) is 5.32 Å². The summed E-state index contributed by atoms with van der Waals surface area (Å²) in [7, 11) is 0. The van der Waals surface area contributed by atoms with Crippen LogP contribution in [0.4, 0.5) is 5.82 Å². The Balaban J connectivity index is 1.86. The maximum Gasteiger partial charge on any atom is 0.271 e. The number of anilines is 1. The number of nitrogens with zero attached hydrogens (tertiary/aromatic N) is 2. The van der Waals surface area contributed by atoms with E-state index in [-0.39, 0.29) is 18.2 Å². The fourth-order valence-corrected chi connectivity index (χ4v) is 1.81. The van der Waals surface area contributed by atoms with E-state index in [1.54, 1.807) is 43.5 Å². The molecule has 1 aromatic heterocycles. The molecular formula is C17H18N4O2. The van der Waals surface area contributed by atoms with Crippen LogP contribution in [0.5, 0.6) is 0 Å². The fourth-order valence-electron chi connectivity index (χ4n) is 1.81. The molecule has 1 aromatic carbocycles. The molecule has 118 valence electrons. The van der Waals surface area contributed by atoms with Gasteiger partial charge in [-0.05, 0) is 38.1 Å². The minimum Gasteiger partial charge on any atom is -0.310 e. The van der Waals surface area contributed by atoms with Crippen molar-refractivity contribution in [2.45, 2.75) is 20.3 Å². The van der Waals surface area contributed by atoms with E-state index in [1.807, 2.05) is 19.1 Å². The monoisotopic (exact) mass is 310 g/mol. The summed E-state index contributed by atoms with van der Waals surface area (Å²) >= 11 is 0. The molecule has 0 aliphatic heterocycles. The number of aryl methyl sites for hydroxylation is 1. The minimum absolute atomic E-state index is 0.0742. The molecule has 2 rings (SSSR count). The molecule has 2 N–H and O–H groups in total. The molecular weight excluding hydrogens is 292 g/mol. The predicted molar refractivity (Wildman–Crippen MR) is 89.2 cm³/mol. The topological polar surface area (TPSA) is 83.4 Å². The second-order valence-corrected chi connectivity index (χ2v) is 5.09. The molecule has 0 atom stereocenters. The van der Waals surface area contributed by atoms with Gasteiger partial charge in [-0.3, -0.25) is 9.59 Å². The van der Waals surface area contributed by atoms with Crippen LogP contribution >= 0.6 is 0 Å². The Morgan fingerprint density at radius 1 is 1.13 bits per heavy atom. The van der Waals surface area contributed by atoms with Crippen molar-refractivity contribution < 1.29 is 9.59 Å². The maximum atomic E-state index is 11.9. The molecule has 23 heavy (non-hydrogen) atoms. The predicted octanol–water partition coefficient (Wildman–Crippen LogP) is 2.52. The van der Waals surface area contributed by atoms with Crippen LogP contribution in [-0.4, -0.2) is 22.5 Å². The number of benzene rings is 1. The molecule has 0 saturated carbocycles. The first kappa shape index (κ1) is 16.4. The van der Waals surface area contributed by atoms with Crippen LogP contribution in [0.15, 0.2) is 53.8 Å². The average Bonchev–Trinajstić information content (AvgIpc) is 2.54. The molecule has 0 bridgehead atoms. The van der Waals surface area contributed by atoms with Crippen molar-refractivity contribution in [1.29, 1.82) is 0 Å². The van der Waals surface area contributed by atoms with E-state index < -0.39 is 0 Å². The van der Waals surface area contributed by atoms with Crippen molar-refractivity contribution >= 4 is 23.3 Å². The van der Waals surface area contributed by atoms with E-state index in [1.165, 1.54) is 0 Å². The molecule has 1 heterocycles. The van der Waals surface area contributed by atoms with Crippen LogP contribution in [0.1, 0.15) is 29.3 Å². The van der Waals surface area contributed by atoms with E-state index in [2.05, 4.69) is 20.8 Å². The van der Waals surface area contributed by atoms with Crippen LogP contribution in [0.3, 0.4) is 0 Å². The van der Waals surface area contributed by atoms with E-state index in [0.717, 1.165) is 5.56 Å². The smallest absolute Gasteiger partial charge is 0.271 e. The zero-order chi connectivity index (χ0) is 16.7. The largest absolute Gasteiger partial charge is 0.310 e. The summed E-state index contributed by atoms with van der Waals surface area (Å²) in [6.45, 7) is 3.62. The van der Waals surface area contributed by atoms with Gasteiger partial charge in [-0.15, -0.1) is 0 Å². The third-order valence-corrected chi connectivity index (χ3v) is 3.01. The number of amides is 2. The molecule has 6 nitrogen and oxygen atoms in total. The zero-order valence-electron chi connectivity index (χ0n) is 13.0. The Kier molecular flexibility index (Phi) is 5.57. The third-order valence-electron chi connectivity index (χ3n) is 3.01. The minimum atomic E-state index is -0.311. The number of aromatic nitrogens is 1.